The molecule has 2 unspecified atom stereocenters. The average molecular weight is 419 g/mol. The zero-order valence-corrected chi connectivity index (χ0v) is 17.0. The van der Waals surface area contributed by atoms with Gasteiger partial charge in [-0.2, -0.15) is 0 Å². The first kappa shape index (κ1) is 18.7. The van der Waals surface area contributed by atoms with E-state index in [0.29, 0.717) is 16.0 Å². The van der Waals surface area contributed by atoms with Crippen LogP contribution in [0, 0.1) is 5.92 Å². The van der Waals surface area contributed by atoms with E-state index in [-0.39, 0.29) is 11.8 Å². The fourth-order valence-electron chi connectivity index (χ4n) is 4.22. The Labute approximate surface area is 172 Å². The average Bonchev–Trinajstić information content (AvgIpc) is 3.31. The second kappa shape index (κ2) is 7.78. The van der Waals surface area contributed by atoms with Crippen LogP contribution in [0.25, 0.3) is 10.2 Å². The van der Waals surface area contributed by atoms with Gasteiger partial charge in [0, 0.05) is 5.92 Å². The molecule has 3 aromatic rings. The molecule has 0 bridgehead atoms. The summed E-state index contributed by atoms with van der Waals surface area (Å²) in [7, 11) is 0. The third kappa shape index (κ3) is 3.71. The Morgan fingerprint density at radius 2 is 1.85 bits per heavy atom. The minimum Gasteiger partial charge on any atom is -0.369 e. The highest BCUT2D eigenvalue weighted by atomic mass is 35.5. The van der Waals surface area contributed by atoms with Gasteiger partial charge in [0.2, 0.25) is 5.91 Å². The molecule has 1 amide bonds. The van der Waals surface area contributed by atoms with Gasteiger partial charge in [-0.15, -0.1) is 11.3 Å². The molecule has 1 aliphatic rings. The van der Waals surface area contributed by atoms with Crippen molar-refractivity contribution in [3.63, 3.8) is 0 Å². The number of para-hydroxylation sites is 1. The van der Waals surface area contributed by atoms with E-state index in [1.807, 2.05) is 24.3 Å². The standard InChI is InChI=1S/C21H20Cl2N2OS/c22-14-10-9-13(11-15(14)23)18(20(24)26)19(12-5-1-2-6-12)21-25-16-7-3-4-8-17(16)27-21/h3-4,7-12,18-19H,1-2,5-6H2,(H2,24,26). The second-order valence-corrected chi connectivity index (χ2v) is 9.02. The number of halogens is 2. The predicted molar refractivity (Wildman–Crippen MR) is 113 cm³/mol. The Hall–Kier alpha value is -1.62. The summed E-state index contributed by atoms with van der Waals surface area (Å²) in [5.74, 6) is -0.467. The molecule has 2 atom stereocenters. The number of nitrogens with zero attached hydrogens (tertiary/aromatic N) is 1. The number of nitrogens with two attached hydrogens (primary N) is 1. The molecule has 140 valence electrons. The van der Waals surface area contributed by atoms with Crippen LogP contribution in [0.3, 0.4) is 0 Å². The van der Waals surface area contributed by atoms with Crippen LogP contribution < -0.4 is 5.73 Å². The molecule has 0 aliphatic heterocycles. The molecule has 1 heterocycles. The van der Waals surface area contributed by atoms with E-state index < -0.39 is 5.92 Å². The minimum absolute atomic E-state index is 0.0420. The third-order valence-corrected chi connectivity index (χ3v) is 7.35. The molecule has 1 saturated carbocycles. The minimum atomic E-state index is -0.469. The van der Waals surface area contributed by atoms with E-state index in [2.05, 4.69) is 6.07 Å². The molecular formula is C21H20Cl2N2OS. The van der Waals surface area contributed by atoms with Gasteiger partial charge in [-0.05, 0) is 48.6 Å². The van der Waals surface area contributed by atoms with Crippen molar-refractivity contribution in [1.82, 2.24) is 4.98 Å². The van der Waals surface area contributed by atoms with Gasteiger partial charge in [-0.1, -0.05) is 54.2 Å². The van der Waals surface area contributed by atoms with E-state index in [9.17, 15) is 4.79 Å². The lowest BCUT2D eigenvalue weighted by atomic mass is 9.77. The van der Waals surface area contributed by atoms with E-state index in [1.54, 1.807) is 23.5 Å². The summed E-state index contributed by atoms with van der Waals surface area (Å²) in [6.07, 6.45) is 4.54. The maximum atomic E-state index is 12.6. The maximum Gasteiger partial charge on any atom is 0.225 e. The molecule has 6 heteroatoms. The number of rotatable bonds is 5. The molecule has 0 spiro atoms. The van der Waals surface area contributed by atoms with Crippen molar-refractivity contribution in [2.24, 2.45) is 11.7 Å². The number of carbonyl (C=O) groups is 1. The number of carbonyl (C=O) groups excluding carboxylic acids is 1. The van der Waals surface area contributed by atoms with Gasteiger partial charge < -0.3 is 5.73 Å². The Bertz CT molecular complexity index is 948. The molecule has 1 fully saturated rings. The van der Waals surface area contributed by atoms with Crippen LogP contribution in [0.1, 0.15) is 48.1 Å². The molecule has 2 N–H and O–H groups in total. The Morgan fingerprint density at radius 3 is 2.52 bits per heavy atom. The lowest BCUT2D eigenvalue weighted by Gasteiger charge is -2.29. The van der Waals surface area contributed by atoms with Gasteiger partial charge in [0.15, 0.2) is 0 Å². The van der Waals surface area contributed by atoms with E-state index in [4.69, 9.17) is 33.9 Å². The predicted octanol–water partition coefficient (Wildman–Crippen LogP) is 6.15. The number of amides is 1. The lowest BCUT2D eigenvalue weighted by Crippen LogP contribution is -2.30. The van der Waals surface area contributed by atoms with Crippen LogP contribution in [0.15, 0.2) is 42.5 Å². The maximum absolute atomic E-state index is 12.6. The summed E-state index contributed by atoms with van der Waals surface area (Å²) < 4.78 is 1.13. The van der Waals surface area contributed by atoms with E-state index >= 15 is 0 Å². The van der Waals surface area contributed by atoms with Crippen LogP contribution in [-0.4, -0.2) is 10.9 Å². The summed E-state index contributed by atoms with van der Waals surface area (Å²) in [4.78, 5) is 17.5. The van der Waals surface area contributed by atoms with Gasteiger partial charge in [0.1, 0.15) is 0 Å². The first-order valence-electron chi connectivity index (χ1n) is 9.14. The zero-order chi connectivity index (χ0) is 19.0. The van der Waals surface area contributed by atoms with Gasteiger partial charge in [0.25, 0.3) is 0 Å². The van der Waals surface area contributed by atoms with Gasteiger partial charge in [0.05, 0.1) is 31.2 Å². The van der Waals surface area contributed by atoms with E-state index in [0.717, 1.165) is 33.6 Å². The largest absolute Gasteiger partial charge is 0.369 e. The lowest BCUT2D eigenvalue weighted by molar-refractivity contribution is -0.120. The summed E-state index contributed by atoms with van der Waals surface area (Å²) in [5, 5.41) is 1.90. The van der Waals surface area contributed by atoms with Crippen molar-refractivity contribution in [2.45, 2.75) is 37.5 Å². The molecule has 4 rings (SSSR count). The summed E-state index contributed by atoms with van der Waals surface area (Å²) in [5.41, 5.74) is 7.70. The van der Waals surface area contributed by atoms with Crippen molar-refractivity contribution in [3.8, 4) is 0 Å². The molecule has 0 saturated heterocycles. The first-order valence-corrected chi connectivity index (χ1v) is 10.7. The van der Waals surface area contributed by atoms with Crippen LogP contribution in [0.2, 0.25) is 10.0 Å². The number of hydrogen-bond acceptors (Lipinski definition) is 3. The molecule has 0 radical (unpaired) electrons. The van der Waals surface area contributed by atoms with Crippen molar-refractivity contribution < 1.29 is 4.79 Å². The van der Waals surface area contributed by atoms with Crippen molar-refractivity contribution in [1.29, 1.82) is 0 Å². The fraction of sp³-hybridized carbons (Fsp3) is 0.333. The first-order chi connectivity index (χ1) is 13.0. The highest BCUT2D eigenvalue weighted by Crippen LogP contribution is 2.47. The summed E-state index contributed by atoms with van der Waals surface area (Å²) >= 11 is 14.0. The molecular weight excluding hydrogens is 399 g/mol. The molecule has 2 aromatic carbocycles. The number of fused-ring (bicyclic) bond motifs is 1. The third-order valence-electron chi connectivity index (χ3n) is 5.47. The van der Waals surface area contributed by atoms with E-state index in [1.165, 1.54) is 12.8 Å². The smallest absolute Gasteiger partial charge is 0.225 e. The van der Waals surface area contributed by atoms with Crippen molar-refractivity contribution in [2.75, 3.05) is 0 Å². The normalized spacial score (nSPS) is 17.3. The quantitative estimate of drug-likeness (QED) is 0.540. The van der Waals surface area contributed by atoms with Gasteiger partial charge >= 0.3 is 0 Å². The Kier molecular flexibility index (Phi) is 5.40. The molecule has 1 aromatic heterocycles. The van der Waals surface area contributed by atoms with Crippen LogP contribution in [0.4, 0.5) is 0 Å². The summed E-state index contributed by atoms with van der Waals surface area (Å²) in [6.45, 7) is 0. The molecule has 1 aliphatic carbocycles. The number of benzene rings is 2. The fourth-order valence-corrected chi connectivity index (χ4v) is 5.73. The zero-order valence-electron chi connectivity index (χ0n) is 14.7. The van der Waals surface area contributed by atoms with Crippen LogP contribution in [-0.2, 0) is 4.79 Å². The summed E-state index contributed by atoms with van der Waals surface area (Å²) in [6, 6.07) is 13.5. The number of thiazole rings is 1. The number of hydrogen-bond donors (Lipinski definition) is 1. The highest BCUT2D eigenvalue weighted by molar-refractivity contribution is 7.18. The van der Waals surface area contributed by atoms with Crippen molar-refractivity contribution >= 4 is 50.7 Å². The second-order valence-electron chi connectivity index (χ2n) is 7.14. The monoisotopic (exact) mass is 418 g/mol. The van der Waals surface area contributed by atoms with Crippen LogP contribution in [0.5, 0.6) is 0 Å². The molecule has 3 nitrogen and oxygen atoms in total. The number of primary amides is 1. The SMILES string of the molecule is NC(=O)C(c1ccc(Cl)c(Cl)c1)C(c1nc2ccccc2s1)C1CCCC1. The molecule has 27 heavy (non-hydrogen) atoms. The number of aromatic nitrogens is 1. The topological polar surface area (TPSA) is 56.0 Å². The van der Waals surface area contributed by atoms with Gasteiger partial charge in [-0.25, -0.2) is 4.98 Å². The Morgan fingerprint density at radius 1 is 1.11 bits per heavy atom. The van der Waals surface area contributed by atoms with Crippen molar-refractivity contribution in [3.05, 3.63) is 63.1 Å². The van der Waals surface area contributed by atoms with Gasteiger partial charge in [-0.3, -0.25) is 4.79 Å². The Balaban J connectivity index is 1.84. The van der Waals surface area contributed by atoms with Crippen LogP contribution >= 0.6 is 34.5 Å². The highest BCUT2D eigenvalue weighted by Gasteiger charge is 2.39.